The van der Waals surface area contributed by atoms with E-state index in [9.17, 15) is 9.18 Å². The molecule has 0 radical (unpaired) electrons. The number of nitrogens with zero attached hydrogens (tertiary/aromatic N) is 2. The smallest absolute Gasteiger partial charge is 0.258 e. The molecule has 1 aromatic heterocycles. The van der Waals surface area contributed by atoms with Gasteiger partial charge in [-0.15, -0.1) is 0 Å². The van der Waals surface area contributed by atoms with Gasteiger partial charge in [-0.1, -0.05) is 35.9 Å². The summed E-state index contributed by atoms with van der Waals surface area (Å²) in [5.41, 5.74) is 2.76. The number of anilines is 1. The fourth-order valence-electron chi connectivity index (χ4n) is 3.06. The molecule has 2 aromatic carbocycles. The maximum Gasteiger partial charge on any atom is 0.258 e. The molecule has 1 atom stereocenters. The van der Waals surface area contributed by atoms with Crippen molar-refractivity contribution >= 4 is 23.2 Å². The van der Waals surface area contributed by atoms with E-state index in [1.807, 2.05) is 18.2 Å². The van der Waals surface area contributed by atoms with Gasteiger partial charge in [0.2, 0.25) is 0 Å². The van der Waals surface area contributed by atoms with Crippen LogP contribution < -0.4 is 5.32 Å². The molecule has 4 rings (SSSR count). The van der Waals surface area contributed by atoms with Gasteiger partial charge in [-0.05, 0) is 42.0 Å². The molecule has 1 N–H and O–H groups in total. The molecule has 1 aliphatic heterocycles. The number of pyridine rings is 1. The molecule has 2 heterocycles. The molecule has 1 unspecified atom stereocenters. The van der Waals surface area contributed by atoms with Crippen LogP contribution in [-0.4, -0.2) is 15.8 Å². The van der Waals surface area contributed by atoms with Gasteiger partial charge in [0, 0.05) is 12.7 Å². The molecular weight excluding hydrogens is 353 g/mol. The van der Waals surface area contributed by atoms with E-state index >= 15 is 0 Å². The third kappa shape index (κ3) is 3.02. The van der Waals surface area contributed by atoms with Gasteiger partial charge in [0.1, 0.15) is 12.0 Å². The monoisotopic (exact) mass is 367 g/mol. The van der Waals surface area contributed by atoms with Gasteiger partial charge < -0.3 is 10.2 Å². The highest BCUT2D eigenvalue weighted by Gasteiger charge is 2.38. The maximum absolute atomic E-state index is 13.2. The predicted octanol–water partition coefficient (Wildman–Crippen LogP) is 4.64. The molecule has 0 saturated heterocycles. The summed E-state index contributed by atoms with van der Waals surface area (Å²) in [6.07, 6.45) is 1.21. The zero-order valence-corrected chi connectivity index (χ0v) is 14.4. The summed E-state index contributed by atoms with van der Waals surface area (Å²) in [4.78, 5) is 19.0. The van der Waals surface area contributed by atoms with Crippen molar-refractivity contribution in [2.24, 2.45) is 0 Å². The van der Waals surface area contributed by atoms with Crippen molar-refractivity contribution in [1.29, 1.82) is 0 Å². The first-order valence-electron chi connectivity index (χ1n) is 8.15. The SMILES string of the molecule is O=C1c2cccnc2C(Nc2ccccc2Cl)N1Cc1ccc(F)cc1. The molecule has 1 amide bonds. The molecule has 130 valence electrons. The van der Waals surface area contributed by atoms with Crippen molar-refractivity contribution in [1.82, 2.24) is 9.88 Å². The molecule has 0 saturated carbocycles. The van der Waals surface area contributed by atoms with Crippen molar-refractivity contribution in [3.63, 3.8) is 0 Å². The first-order valence-corrected chi connectivity index (χ1v) is 8.52. The normalized spacial score (nSPS) is 15.8. The summed E-state index contributed by atoms with van der Waals surface area (Å²) in [7, 11) is 0. The van der Waals surface area contributed by atoms with Gasteiger partial charge in [0.15, 0.2) is 0 Å². The standard InChI is InChI=1S/C20H15ClFN3O/c21-16-5-1-2-6-17(16)24-19-18-15(4-3-11-23-18)20(26)25(19)12-13-7-9-14(22)10-8-13/h1-11,19,24H,12H2. The summed E-state index contributed by atoms with van der Waals surface area (Å²) >= 11 is 6.26. The second kappa shape index (κ2) is 6.77. The number of para-hydroxylation sites is 1. The number of aromatic nitrogens is 1. The Morgan fingerprint density at radius 1 is 1.08 bits per heavy atom. The van der Waals surface area contributed by atoms with Gasteiger partial charge in [-0.25, -0.2) is 4.39 Å². The fraction of sp³-hybridized carbons (Fsp3) is 0.100. The van der Waals surface area contributed by atoms with E-state index in [-0.39, 0.29) is 11.7 Å². The first kappa shape index (κ1) is 16.5. The molecule has 1 aliphatic rings. The minimum Gasteiger partial charge on any atom is -0.359 e. The van der Waals surface area contributed by atoms with Crippen LogP contribution in [0.15, 0.2) is 66.9 Å². The Labute approximate surface area is 155 Å². The second-order valence-electron chi connectivity index (χ2n) is 6.02. The zero-order valence-electron chi connectivity index (χ0n) is 13.7. The average molecular weight is 368 g/mol. The highest BCUT2D eigenvalue weighted by Crippen LogP contribution is 2.35. The van der Waals surface area contributed by atoms with Crippen molar-refractivity contribution in [2.45, 2.75) is 12.7 Å². The van der Waals surface area contributed by atoms with Crippen LogP contribution >= 0.6 is 11.6 Å². The lowest BCUT2D eigenvalue weighted by Gasteiger charge is -2.27. The van der Waals surface area contributed by atoms with E-state index in [1.165, 1.54) is 12.1 Å². The molecular formula is C20H15ClFN3O. The Bertz CT molecular complexity index is 961. The van der Waals surface area contributed by atoms with Crippen LogP contribution in [0.2, 0.25) is 5.02 Å². The highest BCUT2D eigenvalue weighted by atomic mass is 35.5. The number of fused-ring (bicyclic) bond motifs is 1. The lowest BCUT2D eigenvalue weighted by Crippen LogP contribution is -2.32. The summed E-state index contributed by atoms with van der Waals surface area (Å²) < 4.78 is 13.2. The number of hydrogen-bond acceptors (Lipinski definition) is 3. The number of carbonyl (C=O) groups is 1. The third-order valence-electron chi connectivity index (χ3n) is 4.33. The van der Waals surface area contributed by atoms with Crippen molar-refractivity contribution in [3.8, 4) is 0 Å². The molecule has 0 aliphatic carbocycles. The number of amides is 1. The van der Waals surface area contributed by atoms with Gasteiger partial charge >= 0.3 is 0 Å². The van der Waals surface area contributed by atoms with E-state index in [4.69, 9.17) is 11.6 Å². The minimum atomic E-state index is -0.455. The first-order chi connectivity index (χ1) is 12.6. The Hall–Kier alpha value is -2.92. The van der Waals surface area contributed by atoms with Crippen LogP contribution in [0, 0.1) is 5.82 Å². The zero-order chi connectivity index (χ0) is 18.1. The fourth-order valence-corrected chi connectivity index (χ4v) is 3.25. The van der Waals surface area contributed by atoms with Crippen molar-refractivity contribution in [2.75, 3.05) is 5.32 Å². The lowest BCUT2D eigenvalue weighted by molar-refractivity contribution is 0.0728. The van der Waals surface area contributed by atoms with Crippen molar-refractivity contribution in [3.05, 3.63) is 94.5 Å². The van der Waals surface area contributed by atoms with E-state index in [1.54, 1.807) is 41.4 Å². The second-order valence-corrected chi connectivity index (χ2v) is 6.43. The Morgan fingerprint density at radius 3 is 2.62 bits per heavy atom. The summed E-state index contributed by atoms with van der Waals surface area (Å²) in [5.74, 6) is -0.431. The third-order valence-corrected chi connectivity index (χ3v) is 4.66. The van der Waals surface area contributed by atoms with Gasteiger partial charge in [-0.3, -0.25) is 9.78 Å². The topological polar surface area (TPSA) is 45.2 Å². The van der Waals surface area contributed by atoms with Gasteiger partial charge in [-0.2, -0.15) is 0 Å². The van der Waals surface area contributed by atoms with Crippen LogP contribution in [0.4, 0.5) is 10.1 Å². The number of hydrogen-bond donors (Lipinski definition) is 1. The van der Waals surface area contributed by atoms with Crippen molar-refractivity contribution < 1.29 is 9.18 Å². The Balaban J connectivity index is 1.70. The number of nitrogens with one attached hydrogen (secondary N) is 1. The molecule has 3 aromatic rings. The number of benzene rings is 2. The predicted molar refractivity (Wildman–Crippen MR) is 98.3 cm³/mol. The lowest BCUT2D eigenvalue weighted by atomic mass is 10.2. The summed E-state index contributed by atoms with van der Waals surface area (Å²) in [5, 5.41) is 3.88. The van der Waals surface area contributed by atoms with E-state index in [0.717, 1.165) is 11.3 Å². The van der Waals surface area contributed by atoms with Crippen LogP contribution in [0.5, 0.6) is 0 Å². The van der Waals surface area contributed by atoms with Crippen LogP contribution in [0.3, 0.4) is 0 Å². The average Bonchev–Trinajstić information content (AvgIpc) is 2.91. The van der Waals surface area contributed by atoms with E-state index in [0.29, 0.717) is 22.8 Å². The Kier molecular flexibility index (Phi) is 4.31. The van der Waals surface area contributed by atoms with Crippen LogP contribution in [-0.2, 0) is 6.54 Å². The molecule has 0 fully saturated rings. The highest BCUT2D eigenvalue weighted by molar-refractivity contribution is 6.33. The molecule has 0 bridgehead atoms. The quantitative estimate of drug-likeness (QED) is 0.730. The van der Waals surface area contributed by atoms with E-state index < -0.39 is 6.17 Å². The largest absolute Gasteiger partial charge is 0.359 e. The number of rotatable bonds is 4. The molecule has 26 heavy (non-hydrogen) atoms. The molecule has 0 spiro atoms. The van der Waals surface area contributed by atoms with Gasteiger partial charge in [0.05, 0.1) is 22.0 Å². The molecule has 6 heteroatoms. The maximum atomic E-state index is 13.2. The van der Waals surface area contributed by atoms with Crippen LogP contribution in [0.25, 0.3) is 0 Å². The van der Waals surface area contributed by atoms with Gasteiger partial charge in [0.25, 0.3) is 5.91 Å². The number of carbonyl (C=O) groups excluding carboxylic acids is 1. The van der Waals surface area contributed by atoms with Crippen LogP contribution in [0.1, 0.15) is 27.8 Å². The summed E-state index contributed by atoms with van der Waals surface area (Å²) in [6.45, 7) is 0.331. The van der Waals surface area contributed by atoms with E-state index in [2.05, 4.69) is 10.3 Å². The summed E-state index contributed by atoms with van der Waals surface area (Å²) in [6, 6.07) is 17.0. The molecule has 4 nitrogen and oxygen atoms in total. The Morgan fingerprint density at radius 2 is 1.85 bits per heavy atom. The minimum absolute atomic E-state index is 0.123. The number of halogens is 2.